The molecule has 0 spiro atoms. The largest absolute Gasteiger partial charge is 0.391 e. The molecule has 6 aromatic rings. The molecule has 3 aliphatic rings. The third kappa shape index (κ3) is 11.9. The summed E-state index contributed by atoms with van der Waals surface area (Å²) in [7, 11) is 0. The van der Waals surface area contributed by atoms with Gasteiger partial charge in [0.15, 0.2) is 5.96 Å². The van der Waals surface area contributed by atoms with Gasteiger partial charge in [0.05, 0.1) is 18.8 Å². The van der Waals surface area contributed by atoms with Crippen molar-refractivity contribution in [3.63, 3.8) is 0 Å². The zero-order valence-corrected chi connectivity index (χ0v) is 40.2. The number of carbonyl (C=O) groups excluding carboxylic acids is 6. The summed E-state index contributed by atoms with van der Waals surface area (Å²) < 4.78 is 6.35. The topological polar surface area (TPSA) is 282 Å². The number of H-pyrrole nitrogens is 2. The molecule has 8 atom stereocenters. The number of rotatable bonds is 13. The van der Waals surface area contributed by atoms with E-state index in [4.69, 9.17) is 16.2 Å². The molecule has 73 heavy (non-hydrogen) atoms. The standard InChI is InChI=1S/C54H61N11O8/c55-54(56)57-21-11-20-42-52(71)64-29-36(66)25-47(64)53(72)65-30-37(73-31-33-14-5-2-6-15-33)26-46(65)51(70)63-45(24-35-28-59-41-19-10-8-17-39(35)41)50(69)61-43(22-32-12-3-1-4-13-32)48(67)62-44(49(68)60-42)23-34-27-58-40-18-9-7-16-38(34)40/h1-10,12-19,27-28,36-37,42-47,58-59,66H,11,20-26,29-31H2,(H,60,68)(H,61,69)(H,62,67)(H,63,70)(H4,55,56,57)/t36-,37-,42+,43-,44+,45+,46+,47-/m1/s1. The highest BCUT2D eigenvalue weighted by atomic mass is 16.5. The molecule has 2 aromatic heterocycles. The zero-order valence-electron chi connectivity index (χ0n) is 40.2. The molecule has 19 nitrogen and oxygen atoms in total. The summed E-state index contributed by atoms with van der Waals surface area (Å²) >= 11 is 0. The van der Waals surface area contributed by atoms with Crippen LogP contribution < -0.4 is 32.7 Å². The Kier molecular flexibility index (Phi) is 15.5. The molecule has 19 heteroatoms. The van der Waals surface area contributed by atoms with Crippen LogP contribution in [0.2, 0.25) is 0 Å². The van der Waals surface area contributed by atoms with Crippen LogP contribution in [-0.4, -0.2) is 134 Å². The number of aliphatic hydroxyl groups excluding tert-OH is 1. The predicted octanol–water partition coefficient (Wildman–Crippen LogP) is 1.83. The number of amides is 6. The Labute approximate surface area is 421 Å². The number of benzene rings is 4. The zero-order chi connectivity index (χ0) is 51.0. The fourth-order valence-corrected chi connectivity index (χ4v) is 10.2. The molecular formula is C54H61N11O8. The number of nitrogens with one attached hydrogen (secondary N) is 6. The van der Waals surface area contributed by atoms with Crippen molar-refractivity contribution in [2.45, 2.75) is 100 Å². The van der Waals surface area contributed by atoms with Gasteiger partial charge in [0.2, 0.25) is 35.4 Å². The van der Waals surface area contributed by atoms with Gasteiger partial charge < -0.3 is 62.3 Å². The van der Waals surface area contributed by atoms with E-state index in [9.17, 15) is 19.5 Å². The average molecular weight is 992 g/mol. The van der Waals surface area contributed by atoms with Crippen molar-refractivity contribution in [1.82, 2.24) is 41.0 Å². The molecule has 3 aliphatic heterocycles. The number of fused-ring (bicyclic) bond motifs is 4. The Morgan fingerprint density at radius 3 is 1.67 bits per heavy atom. The Bertz CT molecular complexity index is 2970. The van der Waals surface area contributed by atoms with E-state index in [1.54, 1.807) is 12.4 Å². The summed E-state index contributed by atoms with van der Waals surface area (Å²) in [6.45, 7) is 0.0239. The fraction of sp³-hybridized carbons (Fsp3) is 0.352. The van der Waals surface area contributed by atoms with Crippen LogP contribution in [0.3, 0.4) is 0 Å². The molecule has 0 aliphatic carbocycles. The Hall–Kier alpha value is -8.03. The number of guanidine groups is 1. The number of aromatic amines is 2. The van der Waals surface area contributed by atoms with E-state index in [1.165, 1.54) is 9.80 Å². The summed E-state index contributed by atoms with van der Waals surface area (Å²) in [6, 6.07) is 26.0. The normalized spacial score (nSPS) is 24.3. The molecule has 0 bridgehead atoms. The first-order valence-electron chi connectivity index (χ1n) is 24.7. The molecule has 0 unspecified atom stereocenters. The lowest BCUT2D eigenvalue weighted by atomic mass is 10.00. The number of ether oxygens (including phenoxy) is 1. The first kappa shape index (κ1) is 49.9. The van der Waals surface area contributed by atoms with E-state index in [1.807, 2.05) is 109 Å². The third-order valence-corrected chi connectivity index (χ3v) is 14.0. The molecular weight excluding hydrogens is 931 g/mol. The average Bonchev–Trinajstić information content (AvgIpc) is 4.21. The van der Waals surface area contributed by atoms with E-state index in [0.29, 0.717) is 16.7 Å². The second-order valence-electron chi connectivity index (χ2n) is 19.1. The minimum absolute atomic E-state index is 0.00348. The van der Waals surface area contributed by atoms with Crippen LogP contribution in [0.4, 0.5) is 0 Å². The molecule has 5 heterocycles. The van der Waals surface area contributed by atoms with Gasteiger partial charge in [-0.05, 0) is 47.2 Å². The Morgan fingerprint density at radius 2 is 1.08 bits per heavy atom. The lowest BCUT2D eigenvalue weighted by Gasteiger charge is -2.34. The van der Waals surface area contributed by atoms with Gasteiger partial charge in [0.25, 0.3) is 0 Å². The quantitative estimate of drug-likeness (QED) is 0.0460. The number of para-hydroxylation sites is 2. The van der Waals surface area contributed by atoms with Crippen LogP contribution in [-0.2, 0) is 59.4 Å². The van der Waals surface area contributed by atoms with E-state index in [-0.39, 0.29) is 77.1 Å². The fourth-order valence-electron chi connectivity index (χ4n) is 10.2. The van der Waals surface area contributed by atoms with Gasteiger partial charge >= 0.3 is 0 Å². The molecule has 380 valence electrons. The third-order valence-electron chi connectivity index (χ3n) is 14.0. The number of hydrogen-bond donors (Lipinski definition) is 9. The Balaban J connectivity index is 1.12. The van der Waals surface area contributed by atoms with Crippen LogP contribution >= 0.6 is 0 Å². The second-order valence-corrected chi connectivity index (χ2v) is 19.1. The molecule has 3 saturated heterocycles. The van der Waals surface area contributed by atoms with Crippen LogP contribution in [0.5, 0.6) is 0 Å². The highest BCUT2D eigenvalue weighted by molar-refractivity contribution is 5.99. The van der Waals surface area contributed by atoms with Crippen LogP contribution in [0, 0.1) is 0 Å². The maximum atomic E-state index is 15.1. The van der Waals surface area contributed by atoms with E-state index >= 15 is 14.4 Å². The van der Waals surface area contributed by atoms with Crippen LogP contribution in [0.1, 0.15) is 47.9 Å². The van der Waals surface area contributed by atoms with Gasteiger partial charge in [-0.25, -0.2) is 0 Å². The number of aromatic nitrogens is 2. The highest BCUT2D eigenvalue weighted by Crippen LogP contribution is 2.29. The van der Waals surface area contributed by atoms with Crippen molar-refractivity contribution >= 4 is 63.2 Å². The van der Waals surface area contributed by atoms with Crippen molar-refractivity contribution in [2.24, 2.45) is 16.5 Å². The van der Waals surface area contributed by atoms with Gasteiger partial charge in [0.1, 0.15) is 36.3 Å². The van der Waals surface area contributed by atoms with E-state index in [2.05, 4.69) is 36.2 Å². The van der Waals surface area contributed by atoms with Crippen molar-refractivity contribution in [3.05, 3.63) is 144 Å². The predicted molar refractivity (Wildman–Crippen MR) is 273 cm³/mol. The van der Waals surface area contributed by atoms with Gasteiger partial charge in [-0.3, -0.25) is 33.8 Å². The summed E-state index contributed by atoms with van der Waals surface area (Å²) in [5.74, 6) is -4.16. The number of nitrogens with zero attached hydrogens (tertiary/aromatic N) is 3. The van der Waals surface area contributed by atoms with Gasteiger partial charge in [-0.1, -0.05) is 97.1 Å². The smallest absolute Gasteiger partial charge is 0.246 e. The van der Waals surface area contributed by atoms with Crippen molar-refractivity contribution < 1.29 is 38.6 Å². The number of nitrogens with two attached hydrogens (primary N) is 2. The molecule has 3 fully saturated rings. The van der Waals surface area contributed by atoms with Crippen molar-refractivity contribution in [3.8, 4) is 0 Å². The molecule has 0 saturated carbocycles. The first-order valence-corrected chi connectivity index (χ1v) is 24.7. The van der Waals surface area contributed by atoms with Crippen LogP contribution in [0.25, 0.3) is 21.8 Å². The number of carbonyl (C=O) groups is 6. The molecule has 6 amide bonds. The summed E-state index contributed by atoms with van der Waals surface area (Å²) in [6.07, 6.45) is 1.86. The highest BCUT2D eigenvalue weighted by Gasteiger charge is 2.49. The lowest BCUT2D eigenvalue weighted by Crippen LogP contribution is -2.61. The number of hydrogen-bond acceptors (Lipinski definition) is 9. The summed E-state index contributed by atoms with van der Waals surface area (Å²) in [5, 5.41) is 24.6. The van der Waals surface area contributed by atoms with E-state index in [0.717, 1.165) is 27.4 Å². The monoisotopic (exact) mass is 991 g/mol. The maximum Gasteiger partial charge on any atom is 0.246 e. The summed E-state index contributed by atoms with van der Waals surface area (Å²) in [4.78, 5) is 103. The van der Waals surface area contributed by atoms with E-state index < -0.39 is 83.9 Å². The molecule has 4 aromatic carbocycles. The SMILES string of the molecule is NC(N)=NCCC[C@@H]1NC(=O)[C@H](Cc2c[nH]c3ccccc23)NC(=O)[C@@H](Cc2ccccc2)NC(=O)[C@H](Cc2c[nH]c3ccccc23)NC(=O)[C@@H]2C[C@@H](OCc3ccccc3)CN2C(=O)[C@H]2C[C@@H](O)CN2C1=O. The molecule has 9 rings (SSSR count). The molecule has 0 radical (unpaired) electrons. The van der Waals surface area contributed by atoms with Gasteiger partial charge in [-0.2, -0.15) is 0 Å². The van der Waals surface area contributed by atoms with Gasteiger partial charge in [-0.15, -0.1) is 0 Å². The summed E-state index contributed by atoms with van der Waals surface area (Å²) in [5.41, 5.74) is 15.8. The van der Waals surface area contributed by atoms with Crippen molar-refractivity contribution in [1.29, 1.82) is 0 Å². The number of aliphatic hydroxyl groups is 1. The minimum Gasteiger partial charge on any atom is -0.391 e. The lowest BCUT2D eigenvalue weighted by molar-refractivity contribution is -0.148. The first-order chi connectivity index (χ1) is 35.4. The Morgan fingerprint density at radius 1 is 0.575 bits per heavy atom. The molecule has 11 N–H and O–H groups in total. The van der Waals surface area contributed by atoms with Gasteiger partial charge in [0, 0.05) is 85.9 Å². The maximum absolute atomic E-state index is 15.1. The second kappa shape index (κ2) is 22.6. The minimum atomic E-state index is -1.31. The number of aliphatic imine (C=N–C) groups is 1. The van der Waals surface area contributed by atoms with Crippen LogP contribution in [0.15, 0.2) is 127 Å². The van der Waals surface area contributed by atoms with Crippen molar-refractivity contribution in [2.75, 3.05) is 19.6 Å².